The van der Waals surface area contributed by atoms with E-state index in [1.54, 1.807) is 0 Å². The number of aliphatic hydroxyl groups is 1. The zero-order chi connectivity index (χ0) is 13.4. The first-order chi connectivity index (χ1) is 7.19. The fourth-order valence-corrected chi connectivity index (χ4v) is 0.714. The molecule has 0 spiro atoms. The topological polar surface area (TPSA) is 166 Å². The number of aliphatic carboxylic acids is 3. The molecule has 11 heteroatoms. The molecule has 0 aliphatic heterocycles. The van der Waals surface area contributed by atoms with Crippen molar-refractivity contribution >= 4 is 17.9 Å². The third-order valence-electron chi connectivity index (χ3n) is 1.29. The van der Waals surface area contributed by atoms with Gasteiger partial charge >= 0.3 is 73.2 Å². The molecule has 0 aromatic carbocycles. The van der Waals surface area contributed by atoms with Gasteiger partial charge in [0.25, 0.3) is 0 Å². The van der Waals surface area contributed by atoms with Gasteiger partial charge < -0.3 is 21.9 Å². The Balaban J connectivity index is -0.000000177. The molecule has 0 rings (SSSR count). The third kappa shape index (κ3) is 11.9. The quantitative estimate of drug-likeness (QED) is 0.366. The van der Waals surface area contributed by atoms with Crippen LogP contribution in [0.4, 0.5) is 0 Å². The van der Waals surface area contributed by atoms with E-state index in [9.17, 15) is 14.4 Å². The molecule has 0 heterocycles. The summed E-state index contributed by atoms with van der Waals surface area (Å²) in [6, 6.07) is 0. The number of rotatable bonds is 5. The van der Waals surface area contributed by atoms with Gasteiger partial charge in [-0.15, -0.1) is 0 Å². The molecule has 17 heavy (non-hydrogen) atoms. The molecule has 0 atom stereocenters. The predicted octanol–water partition coefficient (Wildman–Crippen LogP) is -4.37. The van der Waals surface area contributed by atoms with Crippen molar-refractivity contribution in [2.45, 2.75) is 18.4 Å². The Morgan fingerprint density at radius 2 is 1.24 bits per heavy atom. The van der Waals surface area contributed by atoms with Gasteiger partial charge in [0.15, 0.2) is 5.60 Å². The predicted molar refractivity (Wildman–Crippen MR) is 39.6 cm³/mol. The number of hydrogen-bond acceptors (Lipinski definition) is 6. The number of carboxylic acid groups (broad SMARTS) is 3. The van der Waals surface area contributed by atoms with Crippen molar-refractivity contribution in [1.29, 1.82) is 0 Å². The molecular formula is C6H9NaO9Ti. The van der Waals surface area contributed by atoms with Crippen molar-refractivity contribution in [3.8, 4) is 0 Å². The van der Waals surface area contributed by atoms with Crippen LogP contribution in [0.3, 0.4) is 0 Å². The first-order valence-electron chi connectivity index (χ1n) is 3.58. The normalized spacial score (nSPS) is 8.76. The molecule has 0 aromatic heterocycles. The molecule has 4 N–H and O–H groups in total. The van der Waals surface area contributed by atoms with E-state index in [4.69, 9.17) is 27.1 Å². The van der Waals surface area contributed by atoms with Crippen molar-refractivity contribution in [1.82, 2.24) is 0 Å². The van der Waals surface area contributed by atoms with E-state index in [-0.39, 0.29) is 31.0 Å². The summed E-state index contributed by atoms with van der Waals surface area (Å²) in [4.78, 5) is 30.5. The van der Waals surface area contributed by atoms with Crippen LogP contribution < -0.4 is 29.6 Å². The van der Waals surface area contributed by atoms with Gasteiger partial charge in [-0.05, 0) is 0 Å². The van der Waals surface area contributed by atoms with Crippen molar-refractivity contribution in [2.75, 3.05) is 0 Å². The van der Waals surface area contributed by atoms with Gasteiger partial charge in [-0.3, -0.25) is 9.59 Å². The molecule has 0 amide bonds. The number of carboxylic acids is 3. The molecule has 0 aliphatic rings. The van der Waals surface area contributed by atoms with Crippen LogP contribution in [0.2, 0.25) is 0 Å². The van der Waals surface area contributed by atoms with Crippen LogP contribution in [-0.2, 0) is 40.1 Å². The standard InChI is InChI=1S/C6H8O7.Na.2O.Ti.H/c7-3(8)1-6(13,5(11)12)2-4(9)10;;;;;/h13H,1-2H2,(H,7,8)(H,9,10)(H,11,12);;;;;/q;+1;;;;-1. The van der Waals surface area contributed by atoms with E-state index in [0.717, 1.165) is 0 Å². The van der Waals surface area contributed by atoms with Crippen LogP contribution in [0.15, 0.2) is 0 Å². The van der Waals surface area contributed by atoms with E-state index >= 15 is 0 Å². The summed E-state index contributed by atoms with van der Waals surface area (Å²) in [5.74, 6) is -5.02. The zero-order valence-electron chi connectivity index (χ0n) is 9.74. The first kappa shape index (κ1) is 21.9. The second-order valence-corrected chi connectivity index (χ2v) is 2.82. The van der Waals surface area contributed by atoms with Crippen LogP contribution >= 0.6 is 0 Å². The SMILES string of the molecule is O=C(O)CC(O)(CC(=O)O)C(=O)O.[H-].[Na+].[O]=[Ti]=[O]. The van der Waals surface area contributed by atoms with Gasteiger partial charge in [0.05, 0.1) is 12.8 Å². The Morgan fingerprint density at radius 1 is 1.00 bits per heavy atom. The van der Waals surface area contributed by atoms with Crippen molar-refractivity contribution in [3.63, 3.8) is 0 Å². The molecule has 0 bridgehead atoms. The summed E-state index contributed by atoms with van der Waals surface area (Å²) < 4.78 is 17.0. The Hall–Kier alpha value is -0.316. The monoisotopic (exact) mass is 296 g/mol. The molecule has 92 valence electrons. The van der Waals surface area contributed by atoms with Crippen LogP contribution in [0.25, 0.3) is 0 Å². The van der Waals surface area contributed by atoms with Gasteiger partial charge in [-0.1, -0.05) is 0 Å². The minimum atomic E-state index is -2.74. The summed E-state index contributed by atoms with van der Waals surface area (Å²) in [5.41, 5.74) is -2.74. The van der Waals surface area contributed by atoms with Crippen LogP contribution in [-0.4, -0.2) is 43.9 Å². The Kier molecular flexibility index (Phi) is 13.9. The average molecular weight is 296 g/mol. The van der Waals surface area contributed by atoms with E-state index in [1.807, 2.05) is 0 Å². The molecule has 0 fully saturated rings. The minimum absolute atomic E-state index is 0. The van der Waals surface area contributed by atoms with Crippen LogP contribution in [0, 0.1) is 0 Å². The molecule has 0 unspecified atom stereocenters. The van der Waals surface area contributed by atoms with E-state index in [1.165, 1.54) is 0 Å². The molecule has 0 aromatic rings. The molecule has 0 aliphatic carbocycles. The van der Waals surface area contributed by atoms with Crippen molar-refractivity contribution < 1.29 is 91.5 Å². The third-order valence-corrected chi connectivity index (χ3v) is 1.29. The summed E-state index contributed by atoms with van der Waals surface area (Å²) >= 11 is -2.00. The summed E-state index contributed by atoms with van der Waals surface area (Å²) in [5, 5.41) is 33.8. The summed E-state index contributed by atoms with van der Waals surface area (Å²) in [7, 11) is 0. The van der Waals surface area contributed by atoms with Gasteiger partial charge in [-0.25, -0.2) is 4.79 Å². The molecule has 0 saturated heterocycles. The molecule has 9 nitrogen and oxygen atoms in total. The van der Waals surface area contributed by atoms with Gasteiger partial charge in [-0.2, -0.15) is 0 Å². The number of carbonyl (C=O) groups is 3. The van der Waals surface area contributed by atoms with Crippen LogP contribution in [0.5, 0.6) is 0 Å². The number of hydrogen-bond donors (Lipinski definition) is 4. The zero-order valence-corrected chi connectivity index (χ0v) is 12.3. The molecule has 0 radical (unpaired) electrons. The second-order valence-electron chi connectivity index (χ2n) is 2.56. The molecular weight excluding hydrogens is 287 g/mol. The maximum atomic E-state index is 10.3. The maximum absolute atomic E-state index is 10.3. The van der Waals surface area contributed by atoms with Gasteiger partial charge in [0, 0.05) is 0 Å². The summed E-state index contributed by atoms with van der Waals surface area (Å²) in [6.07, 6.45) is -2.29. The van der Waals surface area contributed by atoms with E-state index in [0.29, 0.717) is 0 Å². The Morgan fingerprint density at radius 3 is 1.35 bits per heavy atom. The fourth-order valence-electron chi connectivity index (χ4n) is 0.714. The average Bonchev–Trinajstić information content (AvgIpc) is 2.01. The first-order valence-corrected chi connectivity index (χ1v) is 4.85. The van der Waals surface area contributed by atoms with Crippen molar-refractivity contribution in [3.05, 3.63) is 0 Å². The van der Waals surface area contributed by atoms with E-state index < -0.39 is 55.4 Å². The van der Waals surface area contributed by atoms with E-state index in [2.05, 4.69) is 0 Å². The van der Waals surface area contributed by atoms with Crippen LogP contribution in [0.1, 0.15) is 14.3 Å². The summed E-state index contributed by atoms with van der Waals surface area (Å²) in [6.45, 7) is 0. The Bertz CT molecular complexity index is 311. The van der Waals surface area contributed by atoms with Crippen molar-refractivity contribution in [2.24, 2.45) is 0 Å². The molecule has 0 saturated carbocycles. The Labute approximate surface area is 127 Å². The van der Waals surface area contributed by atoms with Gasteiger partial charge in [0.1, 0.15) is 0 Å². The second kappa shape index (κ2) is 10.8. The fraction of sp³-hybridized carbons (Fsp3) is 0.500. The van der Waals surface area contributed by atoms with Gasteiger partial charge in [0.2, 0.25) is 0 Å².